The van der Waals surface area contributed by atoms with E-state index in [1.165, 1.54) is 12.1 Å². The predicted molar refractivity (Wildman–Crippen MR) is 124 cm³/mol. The van der Waals surface area contributed by atoms with E-state index < -0.39 is 24.1 Å². The van der Waals surface area contributed by atoms with Crippen LogP contribution in [0.2, 0.25) is 0 Å². The van der Waals surface area contributed by atoms with Crippen molar-refractivity contribution >= 4 is 18.3 Å². The molecule has 3 aromatic rings. The number of aldehydes is 1. The molecule has 0 aliphatic heterocycles. The Hall–Kier alpha value is -4.13. The average molecular weight is 447 g/mol. The zero-order chi connectivity index (χ0) is 23.5. The quantitative estimate of drug-likeness (QED) is 0.415. The van der Waals surface area contributed by atoms with Gasteiger partial charge >= 0.3 is 6.09 Å². The lowest BCUT2D eigenvalue weighted by atomic mass is 10.0. The maximum atomic E-state index is 13.0. The van der Waals surface area contributed by atoms with Crippen molar-refractivity contribution in [2.75, 3.05) is 0 Å². The van der Waals surface area contributed by atoms with E-state index in [0.717, 1.165) is 16.7 Å². The molecule has 0 aromatic heterocycles. The Bertz CT molecular complexity index is 1040. The van der Waals surface area contributed by atoms with Gasteiger partial charge in [-0.15, -0.1) is 0 Å². The molecule has 0 heterocycles. The highest BCUT2D eigenvalue weighted by molar-refractivity contribution is 5.87. The Morgan fingerprint density at radius 2 is 1.36 bits per heavy atom. The number of hydrogen-bond donors (Lipinski definition) is 3. The van der Waals surface area contributed by atoms with Crippen LogP contribution < -0.4 is 10.6 Å². The molecule has 2 atom stereocenters. The number of carbonyl (C=O) groups is 3. The minimum absolute atomic E-state index is 0.0736. The van der Waals surface area contributed by atoms with Gasteiger partial charge in [0, 0.05) is 6.42 Å². The molecule has 0 aliphatic carbocycles. The van der Waals surface area contributed by atoms with Gasteiger partial charge in [0.15, 0.2) is 0 Å². The number of ether oxygens (including phenoxy) is 1. The second-order valence-corrected chi connectivity index (χ2v) is 7.57. The number of aromatic hydroxyl groups is 1. The van der Waals surface area contributed by atoms with Crippen molar-refractivity contribution in [1.29, 1.82) is 0 Å². The average Bonchev–Trinajstić information content (AvgIpc) is 2.84. The largest absolute Gasteiger partial charge is 0.508 e. The summed E-state index contributed by atoms with van der Waals surface area (Å²) in [5.41, 5.74) is 2.45. The molecule has 3 aromatic carbocycles. The van der Waals surface area contributed by atoms with Gasteiger partial charge in [0.2, 0.25) is 5.91 Å². The molecule has 2 amide bonds. The van der Waals surface area contributed by atoms with Crippen LogP contribution in [-0.2, 0) is 33.8 Å². The Kier molecular flexibility index (Phi) is 8.59. The number of alkyl carbamates (subject to hydrolysis) is 1. The molecule has 170 valence electrons. The van der Waals surface area contributed by atoms with Crippen LogP contribution in [0, 0.1) is 0 Å². The number of benzene rings is 3. The van der Waals surface area contributed by atoms with Crippen LogP contribution in [0.15, 0.2) is 84.9 Å². The molecule has 0 unspecified atom stereocenters. The SMILES string of the molecule is O=C[C@H](Cc1ccc(O)cc1)NC(=O)[C@@H](Cc1ccccc1)NC(=O)OCc1ccccc1. The van der Waals surface area contributed by atoms with Crippen LogP contribution in [0.4, 0.5) is 4.79 Å². The number of phenols is 1. The van der Waals surface area contributed by atoms with Crippen molar-refractivity contribution in [3.05, 3.63) is 102 Å². The van der Waals surface area contributed by atoms with Crippen molar-refractivity contribution in [3.8, 4) is 5.75 Å². The molecule has 7 nitrogen and oxygen atoms in total. The number of carbonyl (C=O) groups excluding carboxylic acids is 3. The third-order valence-electron chi connectivity index (χ3n) is 4.99. The summed E-state index contributed by atoms with van der Waals surface area (Å²) in [6, 6.07) is 23.1. The summed E-state index contributed by atoms with van der Waals surface area (Å²) in [5, 5.41) is 14.7. The van der Waals surface area contributed by atoms with E-state index >= 15 is 0 Å². The van der Waals surface area contributed by atoms with Gasteiger partial charge in [-0.2, -0.15) is 0 Å². The van der Waals surface area contributed by atoms with E-state index in [4.69, 9.17) is 4.74 Å². The number of nitrogens with one attached hydrogen (secondary N) is 2. The van der Waals surface area contributed by atoms with Gasteiger partial charge in [-0.1, -0.05) is 72.8 Å². The molecule has 0 bridgehead atoms. The van der Waals surface area contributed by atoms with Crippen LogP contribution in [0.5, 0.6) is 5.75 Å². The van der Waals surface area contributed by atoms with Crippen molar-refractivity contribution in [2.45, 2.75) is 31.5 Å². The molecular formula is C26H26N2O5. The molecule has 3 rings (SSSR count). The summed E-state index contributed by atoms with van der Waals surface area (Å²) in [7, 11) is 0. The summed E-state index contributed by atoms with van der Waals surface area (Å²) < 4.78 is 5.26. The smallest absolute Gasteiger partial charge is 0.408 e. The monoisotopic (exact) mass is 446 g/mol. The Labute approximate surface area is 192 Å². The van der Waals surface area contributed by atoms with Gasteiger partial charge in [0.1, 0.15) is 24.7 Å². The third-order valence-corrected chi connectivity index (χ3v) is 4.99. The van der Waals surface area contributed by atoms with Gasteiger partial charge in [-0.3, -0.25) is 4.79 Å². The number of phenolic OH excluding ortho intramolecular Hbond substituents is 1. The first-order valence-electron chi connectivity index (χ1n) is 10.6. The van der Waals surface area contributed by atoms with Gasteiger partial charge < -0.3 is 25.3 Å². The second-order valence-electron chi connectivity index (χ2n) is 7.57. The van der Waals surface area contributed by atoms with Crippen molar-refractivity contribution in [2.24, 2.45) is 0 Å². The lowest BCUT2D eigenvalue weighted by Gasteiger charge is -2.21. The first-order chi connectivity index (χ1) is 16.0. The van der Waals surface area contributed by atoms with Gasteiger partial charge in [-0.25, -0.2) is 4.79 Å². The number of hydrogen-bond acceptors (Lipinski definition) is 5. The zero-order valence-corrected chi connectivity index (χ0v) is 18.0. The number of rotatable bonds is 10. The highest BCUT2D eigenvalue weighted by Crippen LogP contribution is 2.11. The fourth-order valence-corrected chi connectivity index (χ4v) is 3.27. The molecule has 0 spiro atoms. The first-order valence-corrected chi connectivity index (χ1v) is 10.6. The third kappa shape index (κ3) is 7.81. The summed E-state index contributed by atoms with van der Waals surface area (Å²) >= 11 is 0. The van der Waals surface area contributed by atoms with Crippen LogP contribution in [0.3, 0.4) is 0 Å². The highest BCUT2D eigenvalue weighted by atomic mass is 16.5. The van der Waals surface area contributed by atoms with Crippen LogP contribution >= 0.6 is 0 Å². The van der Waals surface area contributed by atoms with Gasteiger partial charge in [-0.05, 0) is 35.2 Å². The molecule has 0 saturated heterocycles. The summed E-state index contributed by atoms with van der Waals surface area (Å²) in [4.78, 5) is 37.0. The minimum atomic E-state index is -0.932. The van der Waals surface area contributed by atoms with Crippen LogP contribution in [-0.4, -0.2) is 35.5 Å². The first kappa shape index (κ1) is 23.5. The lowest BCUT2D eigenvalue weighted by molar-refractivity contribution is -0.125. The summed E-state index contributed by atoms with van der Waals surface area (Å²) in [6.07, 6.45) is 0.415. The Morgan fingerprint density at radius 1 is 0.788 bits per heavy atom. The summed E-state index contributed by atoms with van der Waals surface area (Å²) in [6.45, 7) is 0.0736. The second kappa shape index (κ2) is 12.0. The normalized spacial score (nSPS) is 12.2. The molecule has 0 saturated carbocycles. The van der Waals surface area contributed by atoms with Crippen molar-refractivity contribution < 1.29 is 24.2 Å². The molecule has 0 fully saturated rings. The van der Waals surface area contributed by atoms with Crippen molar-refractivity contribution in [3.63, 3.8) is 0 Å². The minimum Gasteiger partial charge on any atom is -0.508 e. The van der Waals surface area contributed by atoms with E-state index in [9.17, 15) is 19.5 Å². The van der Waals surface area contributed by atoms with Gasteiger partial charge in [0.25, 0.3) is 0 Å². The van der Waals surface area contributed by atoms with E-state index in [2.05, 4.69) is 10.6 Å². The fourth-order valence-electron chi connectivity index (χ4n) is 3.27. The zero-order valence-electron chi connectivity index (χ0n) is 18.0. The fraction of sp³-hybridized carbons (Fsp3) is 0.192. The number of amides is 2. The van der Waals surface area contributed by atoms with Crippen LogP contribution in [0.25, 0.3) is 0 Å². The lowest BCUT2D eigenvalue weighted by Crippen LogP contribution is -2.51. The molecule has 3 N–H and O–H groups in total. The molecule has 7 heteroatoms. The maximum absolute atomic E-state index is 13.0. The Morgan fingerprint density at radius 3 is 1.97 bits per heavy atom. The van der Waals surface area contributed by atoms with Crippen molar-refractivity contribution in [1.82, 2.24) is 10.6 Å². The van der Waals surface area contributed by atoms with Gasteiger partial charge in [0.05, 0.1) is 6.04 Å². The predicted octanol–water partition coefficient (Wildman–Crippen LogP) is 3.16. The summed E-state index contributed by atoms with van der Waals surface area (Å²) in [5.74, 6) is -0.377. The molecule has 0 radical (unpaired) electrons. The maximum Gasteiger partial charge on any atom is 0.408 e. The molecule has 33 heavy (non-hydrogen) atoms. The highest BCUT2D eigenvalue weighted by Gasteiger charge is 2.24. The van der Waals surface area contributed by atoms with E-state index in [0.29, 0.717) is 6.29 Å². The Balaban J connectivity index is 1.64. The van der Waals surface area contributed by atoms with E-state index in [1.54, 1.807) is 12.1 Å². The standard InChI is InChI=1S/C26H26N2O5/c29-17-22(15-20-11-13-23(30)14-12-20)27-25(31)24(16-19-7-3-1-4-8-19)28-26(32)33-18-21-9-5-2-6-10-21/h1-14,17,22,24,30H,15-16,18H2,(H,27,31)(H,28,32)/t22-,24+/m0/s1. The van der Waals surface area contributed by atoms with E-state index in [1.807, 2.05) is 60.7 Å². The van der Waals surface area contributed by atoms with E-state index in [-0.39, 0.29) is 25.2 Å². The molecular weight excluding hydrogens is 420 g/mol. The topological polar surface area (TPSA) is 105 Å². The van der Waals surface area contributed by atoms with Crippen LogP contribution in [0.1, 0.15) is 16.7 Å². The molecule has 0 aliphatic rings.